The summed E-state index contributed by atoms with van der Waals surface area (Å²) in [7, 11) is 0. The average molecular weight is 266 g/mol. The second kappa shape index (κ2) is 5.17. The van der Waals surface area contributed by atoms with E-state index in [9.17, 15) is 8.78 Å². The molecule has 1 N–H and O–H groups in total. The Morgan fingerprint density at radius 3 is 2.79 bits per heavy atom. The molecule has 0 amide bonds. The SMILES string of the molecule is Fc1ccc(F)c(CN2CCNCC23CCCC3)c1. The quantitative estimate of drug-likeness (QED) is 0.885. The number of halogens is 2. The van der Waals surface area contributed by atoms with Crippen molar-refractivity contribution in [2.75, 3.05) is 19.6 Å². The van der Waals surface area contributed by atoms with Gasteiger partial charge in [-0.1, -0.05) is 12.8 Å². The van der Waals surface area contributed by atoms with E-state index in [0.717, 1.165) is 32.5 Å². The Balaban J connectivity index is 1.82. The fourth-order valence-corrected chi connectivity index (χ4v) is 3.53. The standard InChI is InChI=1S/C15H20F2N2/c16-13-3-4-14(17)12(9-13)10-19-8-7-18-11-15(19)5-1-2-6-15/h3-4,9,18H,1-2,5-8,10-11H2. The molecule has 1 aliphatic heterocycles. The Kier molecular flexibility index (Phi) is 3.54. The zero-order chi connectivity index (χ0) is 13.3. The smallest absolute Gasteiger partial charge is 0.127 e. The van der Waals surface area contributed by atoms with Gasteiger partial charge in [0.25, 0.3) is 0 Å². The van der Waals surface area contributed by atoms with Gasteiger partial charge in [-0.25, -0.2) is 8.78 Å². The molecule has 1 aromatic rings. The lowest BCUT2D eigenvalue weighted by Crippen LogP contribution is -2.59. The molecular formula is C15H20F2N2. The van der Waals surface area contributed by atoms with Crippen molar-refractivity contribution in [2.24, 2.45) is 0 Å². The van der Waals surface area contributed by atoms with E-state index in [-0.39, 0.29) is 17.2 Å². The van der Waals surface area contributed by atoms with Gasteiger partial charge in [0.1, 0.15) is 11.6 Å². The zero-order valence-corrected chi connectivity index (χ0v) is 11.1. The van der Waals surface area contributed by atoms with E-state index in [1.165, 1.54) is 31.0 Å². The average Bonchev–Trinajstić information content (AvgIpc) is 2.86. The van der Waals surface area contributed by atoms with E-state index in [1.807, 2.05) is 0 Å². The molecule has 1 aliphatic carbocycles. The minimum atomic E-state index is -0.355. The van der Waals surface area contributed by atoms with Crippen LogP contribution < -0.4 is 5.32 Å². The molecule has 19 heavy (non-hydrogen) atoms. The molecule has 104 valence electrons. The molecule has 1 saturated carbocycles. The number of hydrogen-bond acceptors (Lipinski definition) is 2. The van der Waals surface area contributed by atoms with Crippen LogP contribution in [0.1, 0.15) is 31.2 Å². The molecule has 2 fully saturated rings. The molecule has 1 saturated heterocycles. The summed E-state index contributed by atoms with van der Waals surface area (Å²) >= 11 is 0. The van der Waals surface area contributed by atoms with E-state index in [0.29, 0.717) is 12.1 Å². The summed E-state index contributed by atoms with van der Waals surface area (Å²) in [4.78, 5) is 2.36. The lowest BCUT2D eigenvalue weighted by Gasteiger charge is -2.45. The maximum atomic E-state index is 13.8. The predicted octanol–water partition coefficient (Wildman–Crippen LogP) is 2.68. The van der Waals surface area contributed by atoms with Gasteiger partial charge in [-0.2, -0.15) is 0 Å². The summed E-state index contributed by atoms with van der Waals surface area (Å²) in [5.74, 6) is -0.653. The van der Waals surface area contributed by atoms with Gasteiger partial charge in [-0.3, -0.25) is 4.90 Å². The second-order valence-corrected chi connectivity index (χ2v) is 5.77. The Hall–Kier alpha value is -1.00. The van der Waals surface area contributed by atoms with Crippen molar-refractivity contribution >= 4 is 0 Å². The van der Waals surface area contributed by atoms with Gasteiger partial charge in [0, 0.05) is 37.3 Å². The van der Waals surface area contributed by atoms with Crippen molar-refractivity contribution < 1.29 is 8.78 Å². The Labute approximate surface area is 112 Å². The number of hydrogen-bond donors (Lipinski definition) is 1. The first kappa shape index (κ1) is 13.0. The van der Waals surface area contributed by atoms with Crippen LogP contribution in [0.25, 0.3) is 0 Å². The van der Waals surface area contributed by atoms with Crippen molar-refractivity contribution in [3.8, 4) is 0 Å². The molecule has 0 bridgehead atoms. The monoisotopic (exact) mass is 266 g/mol. The fraction of sp³-hybridized carbons (Fsp3) is 0.600. The summed E-state index contributed by atoms with van der Waals surface area (Å²) in [6.07, 6.45) is 4.81. The topological polar surface area (TPSA) is 15.3 Å². The van der Waals surface area contributed by atoms with Gasteiger partial charge in [0.05, 0.1) is 0 Å². The molecule has 4 heteroatoms. The second-order valence-electron chi connectivity index (χ2n) is 5.77. The first-order chi connectivity index (χ1) is 9.20. The van der Waals surface area contributed by atoms with E-state index in [4.69, 9.17) is 0 Å². The van der Waals surface area contributed by atoms with Gasteiger partial charge >= 0.3 is 0 Å². The number of piperazine rings is 1. The van der Waals surface area contributed by atoms with Gasteiger partial charge < -0.3 is 5.32 Å². The van der Waals surface area contributed by atoms with E-state index >= 15 is 0 Å². The largest absolute Gasteiger partial charge is 0.314 e. The number of rotatable bonds is 2. The zero-order valence-electron chi connectivity index (χ0n) is 11.1. The molecule has 1 heterocycles. The predicted molar refractivity (Wildman–Crippen MR) is 70.8 cm³/mol. The molecule has 1 aromatic carbocycles. The van der Waals surface area contributed by atoms with Crippen LogP contribution in [-0.4, -0.2) is 30.1 Å². The normalized spacial score (nSPS) is 23.1. The van der Waals surface area contributed by atoms with Crippen LogP contribution in [0.2, 0.25) is 0 Å². The minimum Gasteiger partial charge on any atom is -0.314 e. The maximum Gasteiger partial charge on any atom is 0.127 e. The molecule has 0 unspecified atom stereocenters. The van der Waals surface area contributed by atoms with Gasteiger partial charge in [0.15, 0.2) is 0 Å². The molecule has 0 radical (unpaired) electrons. The lowest BCUT2D eigenvalue weighted by atomic mass is 9.92. The molecule has 2 aliphatic rings. The Bertz CT molecular complexity index is 455. The molecule has 0 aromatic heterocycles. The van der Waals surface area contributed by atoms with E-state index in [1.54, 1.807) is 0 Å². The maximum absolute atomic E-state index is 13.8. The molecule has 1 spiro atoms. The summed E-state index contributed by atoms with van der Waals surface area (Å²) in [5, 5.41) is 3.45. The number of nitrogens with zero attached hydrogens (tertiary/aromatic N) is 1. The fourth-order valence-electron chi connectivity index (χ4n) is 3.53. The summed E-state index contributed by atoms with van der Waals surface area (Å²) in [5.41, 5.74) is 0.643. The third-order valence-electron chi connectivity index (χ3n) is 4.59. The van der Waals surface area contributed by atoms with Crippen LogP contribution >= 0.6 is 0 Å². The lowest BCUT2D eigenvalue weighted by molar-refractivity contribution is 0.0562. The number of nitrogens with one attached hydrogen (secondary N) is 1. The highest BCUT2D eigenvalue weighted by Crippen LogP contribution is 2.37. The van der Waals surface area contributed by atoms with Crippen LogP contribution in [0, 0.1) is 11.6 Å². The van der Waals surface area contributed by atoms with Crippen LogP contribution in [0.5, 0.6) is 0 Å². The first-order valence-electron chi connectivity index (χ1n) is 7.09. The Morgan fingerprint density at radius 1 is 1.21 bits per heavy atom. The Morgan fingerprint density at radius 2 is 2.00 bits per heavy atom. The van der Waals surface area contributed by atoms with Crippen molar-refractivity contribution in [1.82, 2.24) is 10.2 Å². The van der Waals surface area contributed by atoms with E-state index in [2.05, 4.69) is 10.2 Å². The summed E-state index contributed by atoms with van der Waals surface area (Å²) < 4.78 is 27.1. The third kappa shape index (κ3) is 2.51. The molecule has 2 nitrogen and oxygen atoms in total. The van der Waals surface area contributed by atoms with Crippen LogP contribution in [0.4, 0.5) is 8.78 Å². The minimum absolute atomic E-state index is 0.164. The molecule has 0 atom stereocenters. The molecule has 3 rings (SSSR count). The van der Waals surface area contributed by atoms with Gasteiger partial charge in [-0.15, -0.1) is 0 Å². The highest BCUT2D eigenvalue weighted by Gasteiger charge is 2.41. The van der Waals surface area contributed by atoms with Crippen LogP contribution in [-0.2, 0) is 6.54 Å². The van der Waals surface area contributed by atoms with Crippen LogP contribution in [0.3, 0.4) is 0 Å². The highest BCUT2D eigenvalue weighted by atomic mass is 19.1. The number of benzene rings is 1. The highest BCUT2D eigenvalue weighted by molar-refractivity contribution is 5.19. The van der Waals surface area contributed by atoms with E-state index < -0.39 is 0 Å². The summed E-state index contributed by atoms with van der Waals surface area (Å²) in [6.45, 7) is 3.34. The van der Waals surface area contributed by atoms with Crippen molar-refractivity contribution in [3.05, 3.63) is 35.4 Å². The van der Waals surface area contributed by atoms with Crippen molar-refractivity contribution in [2.45, 2.75) is 37.8 Å². The van der Waals surface area contributed by atoms with Crippen molar-refractivity contribution in [3.63, 3.8) is 0 Å². The first-order valence-corrected chi connectivity index (χ1v) is 7.09. The van der Waals surface area contributed by atoms with Gasteiger partial charge in [0.2, 0.25) is 0 Å². The van der Waals surface area contributed by atoms with Gasteiger partial charge in [-0.05, 0) is 31.0 Å². The molecular weight excluding hydrogens is 246 g/mol. The summed E-state index contributed by atoms with van der Waals surface area (Å²) in [6, 6.07) is 3.75. The van der Waals surface area contributed by atoms with Crippen molar-refractivity contribution in [1.29, 1.82) is 0 Å². The third-order valence-corrected chi connectivity index (χ3v) is 4.59. The van der Waals surface area contributed by atoms with Crippen LogP contribution in [0.15, 0.2) is 18.2 Å².